The van der Waals surface area contributed by atoms with Crippen molar-refractivity contribution in [1.29, 1.82) is 0 Å². The van der Waals surface area contributed by atoms with Crippen LogP contribution in [0.1, 0.15) is 90.7 Å². The van der Waals surface area contributed by atoms with E-state index in [0.29, 0.717) is 11.1 Å². The Balaban J connectivity index is 2.34. The van der Waals surface area contributed by atoms with Gasteiger partial charge in [-0.2, -0.15) is 0 Å². The Morgan fingerprint density at radius 1 is 0.500 bits per heavy atom. The minimum atomic E-state index is -2.12. The number of hydrogen-bond acceptors (Lipinski definition) is 13. The molecule has 0 saturated carbocycles. The minimum Gasteiger partial charge on any atom is -0.481 e. The summed E-state index contributed by atoms with van der Waals surface area (Å²) in [7, 11) is 0. The zero-order valence-electron chi connectivity index (χ0n) is 40.9. The number of aliphatic hydroxyl groups is 1. The summed E-state index contributed by atoms with van der Waals surface area (Å²) in [5.74, 6) is -12.3. The summed E-state index contributed by atoms with van der Waals surface area (Å²) >= 11 is 0. The van der Waals surface area contributed by atoms with E-state index in [-0.39, 0.29) is 31.6 Å². The van der Waals surface area contributed by atoms with Crippen LogP contribution in [-0.4, -0.2) is 140 Å². The quantitative estimate of drug-likeness (QED) is 0.0391. The molecule has 2 aromatic rings. The molecule has 0 aliphatic carbocycles. The number of aliphatic carboxylic acids is 3. The molecule has 2 rings (SSSR count). The van der Waals surface area contributed by atoms with Gasteiger partial charge in [0.15, 0.2) is 6.10 Å². The molecule has 0 bridgehead atoms. The van der Waals surface area contributed by atoms with Gasteiger partial charge in [-0.05, 0) is 62.0 Å². The summed E-state index contributed by atoms with van der Waals surface area (Å²) in [6, 6.07) is 5.20. The van der Waals surface area contributed by atoms with Crippen molar-refractivity contribution in [2.24, 2.45) is 23.3 Å². The monoisotopic (exact) mass is 1010 g/mol. The van der Waals surface area contributed by atoms with Crippen molar-refractivity contribution in [1.82, 2.24) is 37.2 Å². The first-order valence-electron chi connectivity index (χ1n) is 23.4. The van der Waals surface area contributed by atoms with Crippen LogP contribution in [0.15, 0.2) is 60.7 Å². The summed E-state index contributed by atoms with van der Waals surface area (Å²) < 4.78 is 0. The third-order valence-corrected chi connectivity index (χ3v) is 11.1. The Morgan fingerprint density at radius 3 is 1.46 bits per heavy atom. The first kappa shape index (κ1) is 60.7. The van der Waals surface area contributed by atoms with Gasteiger partial charge in [0.1, 0.15) is 36.3 Å². The van der Waals surface area contributed by atoms with Crippen LogP contribution in [-0.2, 0) is 65.6 Å². The third kappa shape index (κ3) is 22.1. The molecule has 0 unspecified atom stereocenters. The van der Waals surface area contributed by atoms with Crippen molar-refractivity contribution < 1.29 is 73.2 Å². The highest BCUT2D eigenvalue weighted by Crippen LogP contribution is 2.13. The molecule has 0 aliphatic heterocycles. The van der Waals surface area contributed by atoms with Crippen molar-refractivity contribution in [3.05, 3.63) is 71.8 Å². The van der Waals surface area contributed by atoms with E-state index in [9.17, 15) is 68.1 Å². The number of hydrogen-bond donors (Lipinski definition) is 13. The molecular weight excluding hydrogens is 943 g/mol. The number of rotatable bonds is 32. The van der Waals surface area contributed by atoms with Crippen molar-refractivity contribution in [3.8, 4) is 0 Å². The van der Waals surface area contributed by atoms with Crippen molar-refractivity contribution in [2.75, 3.05) is 0 Å². The van der Waals surface area contributed by atoms with E-state index in [1.54, 1.807) is 88.4 Å². The lowest BCUT2D eigenvalue weighted by Crippen LogP contribution is -2.61. The highest BCUT2D eigenvalue weighted by molar-refractivity contribution is 5.96. The van der Waals surface area contributed by atoms with Gasteiger partial charge in [0.2, 0.25) is 41.4 Å². The molecular formula is C48H69N9O15. The predicted octanol–water partition coefficient (Wildman–Crippen LogP) is -1.64. The summed E-state index contributed by atoms with van der Waals surface area (Å²) in [5.41, 5.74) is 12.3. The van der Waals surface area contributed by atoms with Crippen LogP contribution in [0.4, 0.5) is 0 Å². The smallest absolute Gasteiger partial charge is 0.326 e. The predicted molar refractivity (Wildman–Crippen MR) is 258 cm³/mol. The van der Waals surface area contributed by atoms with Gasteiger partial charge in [-0.15, -0.1) is 0 Å². The molecule has 0 aromatic heterocycles. The first-order chi connectivity index (χ1) is 33.8. The summed E-state index contributed by atoms with van der Waals surface area (Å²) in [5, 5.41) is 56.8. The number of benzene rings is 2. The largest absolute Gasteiger partial charge is 0.481 e. The van der Waals surface area contributed by atoms with Crippen LogP contribution >= 0.6 is 0 Å². The number of amides is 8. The molecule has 24 heteroatoms. The second-order valence-electron chi connectivity index (χ2n) is 18.1. The highest BCUT2D eigenvalue weighted by Gasteiger charge is 2.36. The van der Waals surface area contributed by atoms with Crippen molar-refractivity contribution in [3.63, 3.8) is 0 Å². The zero-order chi connectivity index (χ0) is 54.2. The number of carbonyl (C=O) groups is 11. The Morgan fingerprint density at radius 2 is 0.958 bits per heavy atom. The fourth-order valence-electron chi connectivity index (χ4n) is 7.09. The van der Waals surface area contributed by atoms with Crippen LogP contribution in [0, 0.1) is 11.8 Å². The van der Waals surface area contributed by atoms with Gasteiger partial charge in [0.05, 0.1) is 12.1 Å². The van der Waals surface area contributed by atoms with E-state index < -0.39 is 158 Å². The van der Waals surface area contributed by atoms with Gasteiger partial charge < -0.3 is 69.1 Å². The molecule has 24 nitrogen and oxygen atoms in total. The maximum atomic E-state index is 14.1. The number of nitrogens with one attached hydrogen (secondary N) is 7. The van der Waals surface area contributed by atoms with Gasteiger partial charge in [-0.25, -0.2) is 4.79 Å². The summed E-state index contributed by atoms with van der Waals surface area (Å²) in [6.07, 6.45) is -5.02. The third-order valence-electron chi connectivity index (χ3n) is 11.1. The summed E-state index contributed by atoms with van der Waals surface area (Å²) in [4.78, 5) is 141. The van der Waals surface area contributed by atoms with Crippen LogP contribution in [0.25, 0.3) is 0 Å². The number of carboxylic acid groups (broad SMARTS) is 3. The van der Waals surface area contributed by atoms with Gasteiger partial charge in [0, 0.05) is 25.7 Å². The van der Waals surface area contributed by atoms with E-state index in [0.717, 1.165) is 0 Å². The molecule has 9 atom stereocenters. The number of aliphatic hydroxyl groups excluding tert-OH is 1. The SMILES string of the molecule is CC(C)C[C@H](NC(=O)[C@@H](NC(=O)[C@@H](N)CCC(=O)O)C(C)C)C(=O)N[C@@H](Cc1ccccc1)[C@@H](O)C(=O)N[C@@H](CCC(N)=O)C(=O)N[C@@H](C)C(=O)N[C@@H](CCC(=O)O)C(=O)N[C@@H](Cc1ccccc1)C(=O)O. The van der Waals surface area contributed by atoms with E-state index >= 15 is 0 Å². The minimum absolute atomic E-state index is 0.0397. The molecule has 0 saturated heterocycles. The molecule has 72 heavy (non-hydrogen) atoms. The molecule has 0 heterocycles. The number of nitrogens with two attached hydrogens (primary N) is 2. The molecule has 2 aromatic carbocycles. The fourth-order valence-corrected chi connectivity index (χ4v) is 7.09. The van der Waals surface area contributed by atoms with Crippen LogP contribution in [0.5, 0.6) is 0 Å². The van der Waals surface area contributed by atoms with Crippen LogP contribution < -0.4 is 48.7 Å². The standard InChI is InChI=1S/C48H69N9O15/c1-25(2)22-34(55-46(69)39(26(3)4)57-42(65)30(49)16-20-37(59)60)45(68)54-33(23-28-12-8-6-9-13-28)40(63)47(70)53-31(17-19-36(50)58)43(66)51-27(5)41(64)52-32(18-21-38(61)62)44(67)56-35(48(71)72)24-29-14-10-7-11-15-29/h6-15,25-27,30-35,39-40,63H,16-24,49H2,1-5H3,(H2,50,58)(H,51,66)(H,52,64)(H,53,70)(H,54,68)(H,55,69)(H,56,67)(H,57,65)(H,59,60)(H,61,62)(H,71,72)/t27-,30-,31-,32-,33-,34-,35-,39-,40+/m0/s1. The Kier molecular flexibility index (Phi) is 25.5. The second kappa shape index (κ2) is 30.3. The van der Waals surface area contributed by atoms with Crippen LogP contribution in [0.3, 0.4) is 0 Å². The average molecular weight is 1010 g/mol. The normalized spacial score (nSPS) is 14.8. The first-order valence-corrected chi connectivity index (χ1v) is 23.4. The van der Waals surface area contributed by atoms with Gasteiger partial charge in [0.25, 0.3) is 5.91 Å². The Bertz CT molecular complexity index is 2200. The molecule has 15 N–H and O–H groups in total. The number of carboxylic acids is 3. The van der Waals surface area contributed by atoms with E-state index in [1.165, 1.54) is 6.92 Å². The van der Waals surface area contributed by atoms with Crippen molar-refractivity contribution in [2.45, 2.75) is 147 Å². The van der Waals surface area contributed by atoms with Gasteiger partial charge in [-0.3, -0.25) is 47.9 Å². The highest BCUT2D eigenvalue weighted by atomic mass is 16.4. The lowest BCUT2D eigenvalue weighted by molar-refractivity contribution is -0.143. The number of primary amides is 1. The zero-order valence-corrected chi connectivity index (χ0v) is 40.9. The Hall–Kier alpha value is -7.47. The van der Waals surface area contributed by atoms with Gasteiger partial charge in [-0.1, -0.05) is 88.4 Å². The lowest BCUT2D eigenvalue weighted by atomic mass is 9.97. The molecule has 0 fully saturated rings. The molecule has 396 valence electrons. The lowest BCUT2D eigenvalue weighted by Gasteiger charge is -2.30. The maximum absolute atomic E-state index is 14.1. The summed E-state index contributed by atoms with van der Waals surface area (Å²) in [6.45, 7) is 7.96. The average Bonchev–Trinajstić information content (AvgIpc) is 3.31. The number of carbonyl (C=O) groups excluding carboxylic acids is 8. The van der Waals surface area contributed by atoms with E-state index in [2.05, 4.69) is 37.2 Å². The van der Waals surface area contributed by atoms with E-state index in [1.807, 2.05) is 0 Å². The fraction of sp³-hybridized carbons (Fsp3) is 0.521. The Labute approximate surface area is 416 Å². The van der Waals surface area contributed by atoms with E-state index in [4.69, 9.17) is 16.6 Å². The van der Waals surface area contributed by atoms with Crippen LogP contribution in [0.2, 0.25) is 0 Å². The topological polar surface area (TPSA) is 405 Å². The van der Waals surface area contributed by atoms with Gasteiger partial charge >= 0.3 is 17.9 Å². The molecule has 0 aliphatic rings. The molecule has 0 radical (unpaired) electrons. The second-order valence-corrected chi connectivity index (χ2v) is 18.1. The molecule has 8 amide bonds. The maximum Gasteiger partial charge on any atom is 0.326 e. The van der Waals surface area contributed by atoms with Crippen molar-refractivity contribution >= 4 is 65.2 Å². The molecule has 0 spiro atoms.